The Kier molecular flexibility index (Phi) is 28.8. The van der Waals surface area contributed by atoms with Gasteiger partial charge in [0, 0.05) is 139 Å². The van der Waals surface area contributed by atoms with Crippen molar-refractivity contribution in [2.45, 2.75) is 176 Å². The average molecular weight is 1640 g/mol. The molecule has 1 unspecified atom stereocenters. The number of ether oxygens (including phenoxy) is 4. The van der Waals surface area contributed by atoms with Gasteiger partial charge in [0.15, 0.2) is 23.5 Å². The summed E-state index contributed by atoms with van der Waals surface area (Å²) >= 11 is 3.95. The molecule has 1 aromatic heterocycles. The number of alkyl carbamates (subject to hydrolysis) is 1. The molecule has 0 saturated carbocycles. The second kappa shape index (κ2) is 40.2. The molecule has 9 aliphatic heterocycles. The molecular formula is C83H108N18O12S2Si. The van der Waals surface area contributed by atoms with Gasteiger partial charge in [-0.3, -0.25) is 48.5 Å². The largest absolute Gasteiger partial charge is 0.593 e. The Morgan fingerprint density at radius 2 is 1.11 bits per heavy atom. The van der Waals surface area contributed by atoms with Crippen LogP contribution >= 0.6 is 23.5 Å². The summed E-state index contributed by atoms with van der Waals surface area (Å²) in [6.07, 6.45) is 14.8. The minimum Gasteiger partial charge on any atom is -0.493 e. The van der Waals surface area contributed by atoms with Crippen LogP contribution in [-0.4, -0.2) is 234 Å². The number of carbonyl (C=O) groups excluding carboxylic acids is 6. The first-order chi connectivity index (χ1) is 56.6. The number of benzene rings is 4. The molecule has 9 aliphatic rings. The van der Waals surface area contributed by atoms with E-state index in [9.17, 15) is 38.4 Å². The highest BCUT2D eigenvalue weighted by atomic mass is 32.2. The van der Waals surface area contributed by atoms with Crippen molar-refractivity contribution in [3.8, 4) is 5.75 Å². The van der Waals surface area contributed by atoms with Crippen LogP contribution < -0.4 is 47.3 Å². The number of fused-ring (bicyclic) bond motifs is 16. The molecule has 12 N–H and O–H groups in total. The van der Waals surface area contributed by atoms with Crippen molar-refractivity contribution >= 4 is 131 Å². The fraction of sp³-hybridized carbons (Fsp3) is 0.530. The number of nitrogens with one attached hydrogen (secondary N) is 10. The smallest absolute Gasteiger partial charge is 0.493 e. The molecule has 116 heavy (non-hydrogen) atoms. The Balaban J connectivity index is 0.468. The molecule has 5 aromatic rings. The van der Waals surface area contributed by atoms with Crippen molar-refractivity contribution in [2.75, 3.05) is 97.0 Å². The van der Waals surface area contributed by atoms with E-state index in [-0.39, 0.29) is 93.7 Å². The maximum Gasteiger partial charge on any atom is 0.593 e. The zero-order valence-electron chi connectivity index (χ0n) is 65.7. The summed E-state index contributed by atoms with van der Waals surface area (Å²) in [5.74, 6) is 6.49. The minimum atomic E-state index is -5.04. The zero-order valence-corrected chi connectivity index (χ0v) is 68.4. The van der Waals surface area contributed by atoms with Crippen molar-refractivity contribution in [1.29, 1.82) is 10.8 Å². The molecule has 14 rings (SSSR count). The highest BCUT2D eigenvalue weighted by Gasteiger charge is 2.57. The molecule has 0 spiro atoms. The topological polar surface area (TPSA) is 397 Å². The van der Waals surface area contributed by atoms with Gasteiger partial charge in [-0.25, -0.2) is 29.8 Å². The van der Waals surface area contributed by atoms with Gasteiger partial charge in [0.05, 0.1) is 76.0 Å². The fourth-order valence-electron chi connectivity index (χ4n) is 16.6. The lowest BCUT2D eigenvalue weighted by atomic mass is 9.97. The van der Waals surface area contributed by atoms with Crippen molar-refractivity contribution in [3.63, 3.8) is 0 Å². The van der Waals surface area contributed by atoms with Crippen LogP contribution in [0.2, 0.25) is 0 Å². The second-order valence-electron chi connectivity index (χ2n) is 31.0. The summed E-state index contributed by atoms with van der Waals surface area (Å²) in [5.41, 5.74) is 4.47. The molecule has 0 aliphatic carbocycles. The van der Waals surface area contributed by atoms with E-state index < -0.39 is 21.1 Å². The number of unbranched alkanes of at least 4 members (excludes halogenated alkanes) is 8. The van der Waals surface area contributed by atoms with E-state index in [1.54, 1.807) is 15.5 Å². The van der Waals surface area contributed by atoms with Crippen LogP contribution in [0.4, 0.5) is 16.4 Å². The van der Waals surface area contributed by atoms with E-state index in [0.29, 0.717) is 194 Å². The van der Waals surface area contributed by atoms with Crippen LogP contribution in [0, 0.1) is 16.7 Å². The van der Waals surface area contributed by atoms with Crippen LogP contribution in [0.25, 0.3) is 10.8 Å². The SMILES string of the molecule is N=C1C[C@H]2CS[C@@H](CCCCC(=O)CCCCCNC(=O)CN(CCOCCOCCNC(=O)CCCCCNC(=O)OCCCOc3cccc4c5n6c(c34)N=C3N=C(N=C4c7ccccc7C(NC7=NC(=N5)c5ccccc57)N4[Si]6(O)O)c4ccccc43)CC(=O)NCCCCCC(=O)CCCC[C@@H]3SC[C@@H]4NC(=N)N[C@@H]43)[C@H]2N1. The van der Waals surface area contributed by atoms with Crippen LogP contribution in [0.15, 0.2) is 116 Å². The number of thioether (sulfide) groups is 2. The number of hydrogen-bond acceptors (Lipinski definition) is 24. The lowest BCUT2D eigenvalue weighted by Gasteiger charge is -2.37. The Hall–Kier alpha value is -9.35. The molecule has 618 valence electrons. The third-order valence-electron chi connectivity index (χ3n) is 22.5. The molecular weight excluding hydrogens is 1530 g/mol. The number of aliphatic imine (C=N–C) groups is 5. The van der Waals surface area contributed by atoms with Gasteiger partial charge in [0.25, 0.3) is 0 Å². The first-order valence-corrected chi connectivity index (χ1v) is 45.3. The summed E-state index contributed by atoms with van der Waals surface area (Å²) < 4.78 is 26.6. The molecule has 33 heteroatoms. The van der Waals surface area contributed by atoms with Gasteiger partial charge in [-0.2, -0.15) is 23.5 Å². The van der Waals surface area contributed by atoms with Crippen molar-refractivity contribution in [2.24, 2.45) is 30.9 Å². The van der Waals surface area contributed by atoms with Gasteiger partial charge in [0.1, 0.15) is 46.8 Å². The van der Waals surface area contributed by atoms with Crippen molar-refractivity contribution < 1.29 is 57.3 Å². The van der Waals surface area contributed by atoms with Crippen molar-refractivity contribution in [3.05, 3.63) is 124 Å². The molecule has 6 bridgehead atoms. The van der Waals surface area contributed by atoms with E-state index in [0.717, 1.165) is 117 Å². The molecule has 30 nitrogen and oxygen atoms in total. The Morgan fingerprint density at radius 3 is 1.82 bits per heavy atom. The Bertz CT molecular complexity index is 4510. The molecule has 4 amide bonds. The van der Waals surface area contributed by atoms with E-state index >= 15 is 0 Å². The number of Topliss-reactive ketones (excluding diaryl/α,β-unsaturated/α-hetero) is 2. The average Bonchev–Trinajstić information content (AvgIpc) is 1.54. The maximum atomic E-state index is 13.3. The number of hydrogen-bond donors (Lipinski definition) is 12. The first-order valence-electron chi connectivity index (χ1n) is 41.5. The van der Waals surface area contributed by atoms with Gasteiger partial charge < -0.3 is 71.1 Å². The van der Waals surface area contributed by atoms with Gasteiger partial charge in [-0.1, -0.05) is 117 Å². The summed E-state index contributed by atoms with van der Waals surface area (Å²) in [4.78, 5) is 131. The van der Waals surface area contributed by atoms with Gasteiger partial charge >= 0.3 is 15.0 Å². The van der Waals surface area contributed by atoms with Crippen LogP contribution in [-0.2, 0) is 38.2 Å². The number of amides is 4. The molecule has 7 atom stereocenters. The highest BCUT2D eigenvalue weighted by molar-refractivity contribution is 8.00. The number of guanidine groups is 1. The lowest BCUT2D eigenvalue weighted by molar-refractivity contribution is -0.126. The molecule has 0 radical (unpaired) electrons. The Morgan fingerprint density at radius 1 is 0.526 bits per heavy atom. The van der Waals surface area contributed by atoms with Crippen LogP contribution in [0.3, 0.4) is 0 Å². The first kappa shape index (κ1) is 83.1. The number of nitrogens with zero attached hydrogens (tertiary/aromatic N) is 8. The van der Waals surface area contributed by atoms with Crippen molar-refractivity contribution in [1.82, 2.24) is 56.2 Å². The van der Waals surface area contributed by atoms with Gasteiger partial charge in [-0.15, -0.1) is 0 Å². The van der Waals surface area contributed by atoms with Crippen LogP contribution in [0.1, 0.15) is 181 Å². The lowest BCUT2D eigenvalue weighted by Crippen LogP contribution is -2.64. The monoisotopic (exact) mass is 1640 g/mol. The zero-order chi connectivity index (χ0) is 80.3. The number of carbonyl (C=O) groups is 6. The number of ketones is 2. The predicted molar refractivity (Wildman–Crippen MR) is 452 cm³/mol. The second-order valence-corrected chi connectivity index (χ2v) is 35.6. The summed E-state index contributed by atoms with van der Waals surface area (Å²) in [6, 6.07) is 29.5. The normalized spacial score (nSPS) is 20.5. The maximum absolute atomic E-state index is 13.3. The minimum absolute atomic E-state index is 0.00522. The molecule has 10 heterocycles. The van der Waals surface area contributed by atoms with Gasteiger partial charge in [-0.05, 0) is 81.9 Å². The third-order valence-corrected chi connectivity index (χ3v) is 27.8. The summed E-state index contributed by atoms with van der Waals surface area (Å²) in [5, 5.41) is 42.9. The number of aromatic nitrogens is 1. The number of rotatable bonds is 46. The van der Waals surface area contributed by atoms with Crippen LogP contribution in [0.5, 0.6) is 5.75 Å². The number of amidine groups is 6. The predicted octanol–water partition coefficient (Wildman–Crippen LogP) is 8.13. The Labute approximate surface area is 685 Å². The summed E-state index contributed by atoms with van der Waals surface area (Å²) in [7, 11) is -5.04. The molecule has 4 saturated heterocycles. The fourth-order valence-corrected chi connectivity index (χ4v) is 22.0. The van der Waals surface area contributed by atoms with E-state index in [1.807, 2.05) is 108 Å². The summed E-state index contributed by atoms with van der Waals surface area (Å²) in [6.45, 7) is 3.21. The van der Waals surface area contributed by atoms with E-state index in [2.05, 4.69) is 42.5 Å². The molecule has 4 fully saturated rings. The van der Waals surface area contributed by atoms with E-state index in [4.69, 9.17) is 54.7 Å². The van der Waals surface area contributed by atoms with E-state index in [1.165, 1.54) is 4.23 Å². The van der Waals surface area contributed by atoms with Gasteiger partial charge in [0.2, 0.25) is 17.7 Å². The third kappa shape index (κ3) is 20.8. The standard InChI is InChI=1S/C83H108N18O12S2Si/c84-67-48-53-51-114-65(72(53)91-67)34-15-7-24-54(102)22-4-1-17-37-86-69(105)49-99(50-70(106)87-38-18-2-5-23-55(103)25-8-16-35-66-73-63(52-115-66)90-82(85)92-73)41-45-111-47-46-110-44-40-88-68(104)36-6-3-19-39-89-83(107)113-43-21-42-112-64-33-20-32-62-71(64)81-98-77-59-29-12-11-28-58(59)75(94-77)96-79-61-31-14-13-30-60(61)78-95-74-56-26-9-10-27-57(56)76(93-74)97-80(62)101(81)116(108,109)100(78)79/h9-14,20,26-33,53,63,65-66,72-73,78,108-109H,1-8,15-19,21-25,34-52H2,(H2,84,91)(H,86,105)(H,87,106)(H,88,104)(H,89,107)(H3,85,90,92)(H,93,95,97)/t53-,63-,65-,66-,72-,73-,78?/m0/s1. The molecule has 4 aromatic carbocycles. The quantitative estimate of drug-likeness (QED) is 0.0129. The highest BCUT2D eigenvalue weighted by Crippen LogP contribution is 2.49.